The fraction of sp³-hybridized carbons (Fsp3) is 0.800. The number of carbonyl (C=O) groups is 3. The minimum absolute atomic E-state index is 0.353. The summed E-state index contributed by atoms with van der Waals surface area (Å²) in [5, 5.41) is 36.1. The van der Waals surface area contributed by atoms with Crippen LogP contribution in [0, 0.1) is 0 Å². The van der Waals surface area contributed by atoms with Gasteiger partial charge in [0.05, 0.1) is 6.61 Å². The highest BCUT2D eigenvalue weighted by Gasteiger charge is 1.96. The van der Waals surface area contributed by atoms with Crippen molar-refractivity contribution >= 4 is 18.5 Å². The Bertz CT molecular complexity index is 285. The molecule has 0 aromatic carbocycles. The molecule has 0 aromatic rings. The molecule has 0 saturated carbocycles. The zero-order chi connectivity index (χ0) is 19.2. The summed E-state index contributed by atoms with van der Waals surface area (Å²) in [6.45, 7) is 2.59. The molecule has 0 amide bonds. The van der Waals surface area contributed by atoms with Crippen LogP contribution < -0.4 is 0 Å². The minimum atomic E-state index is -1.83. The van der Waals surface area contributed by atoms with E-state index >= 15 is 0 Å². The largest absolute Gasteiger partial charge is 0.505 e. The summed E-state index contributed by atoms with van der Waals surface area (Å²) >= 11 is 0. The van der Waals surface area contributed by atoms with E-state index in [0.29, 0.717) is 6.61 Å². The van der Waals surface area contributed by atoms with Crippen molar-refractivity contribution in [2.75, 3.05) is 6.61 Å². The van der Waals surface area contributed by atoms with Crippen molar-refractivity contribution in [3.63, 3.8) is 0 Å². The highest BCUT2D eigenvalue weighted by Crippen LogP contribution is 2.10. The van der Waals surface area contributed by atoms with Gasteiger partial charge in [-0.05, 0) is 6.42 Å². The van der Waals surface area contributed by atoms with Gasteiger partial charge in [-0.25, -0.2) is 14.4 Å². The Morgan fingerprint density at radius 1 is 0.625 bits per heavy atom. The van der Waals surface area contributed by atoms with Crippen LogP contribution in [0.1, 0.15) is 71.1 Å². The van der Waals surface area contributed by atoms with Gasteiger partial charge in [-0.15, -0.1) is 0 Å². The summed E-state index contributed by atoms with van der Waals surface area (Å²) in [4.78, 5) is 27.1. The first-order chi connectivity index (χ1) is 11.2. The molecular weight excluding hydrogens is 324 g/mol. The molecule has 0 fully saturated rings. The van der Waals surface area contributed by atoms with Crippen LogP contribution in [0.25, 0.3) is 0 Å². The Kier molecular flexibility index (Phi) is 25.7. The molecule has 0 unspecified atom stereocenters. The van der Waals surface area contributed by atoms with Gasteiger partial charge in [0.1, 0.15) is 0 Å². The molecular formula is C15H30O9. The van der Waals surface area contributed by atoms with E-state index < -0.39 is 18.5 Å². The zero-order valence-corrected chi connectivity index (χ0v) is 14.1. The van der Waals surface area contributed by atoms with Gasteiger partial charge in [0.2, 0.25) is 0 Å². The molecule has 0 bridgehead atoms. The second-order valence-electron chi connectivity index (χ2n) is 4.86. The van der Waals surface area contributed by atoms with Crippen LogP contribution in [0.2, 0.25) is 0 Å². The maximum atomic E-state index is 10.0. The van der Waals surface area contributed by atoms with Gasteiger partial charge in [0, 0.05) is 0 Å². The first kappa shape index (κ1) is 26.7. The number of rotatable bonds is 11. The van der Waals surface area contributed by atoms with Gasteiger partial charge in [-0.1, -0.05) is 64.7 Å². The Morgan fingerprint density at radius 2 is 0.917 bits per heavy atom. The summed E-state index contributed by atoms with van der Waals surface area (Å²) in [6.07, 6.45) is 7.71. The maximum absolute atomic E-state index is 10.0. The molecule has 5 N–H and O–H groups in total. The normalized spacial score (nSPS) is 8.88. The molecule has 144 valence electrons. The monoisotopic (exact) mass is 354 g/mol. The van der Waals surface area contributed by atoms with E-state index in [9.17, 15) is 4.79 Å². The summed E-state index contributed by atoms with van der Waals surface area (Å²) < 4.78 is 4.43. The van der Waals surface area contributed by atoms with E-state index in [0.717, 1.165) is 12.8 Å². The van der Waals surface area contributed by atoms with Gasteiger partial charge in [0.15, 0.2) is 0 Å². The van der Waals surface area contributed by atoms with E-state index in [1.807, 2.05) is 0 Å². The van der Waals surface area contributed by atoms with E-state index in [2.05, 4.69) is 11.7 Å². The van der Waals surface area contributed by atoms with Crippen molar-refractivity contribution in [3.8, 4) is 0 Å². The van der Waals surface area contributed by atoms with Crippen molar-refractivity contribution < 1.29 is 44.7 Å². The second-order valence-corrected chi connectivity index (χ2v) is 4.86. The van der Waals surface area contributed by atoms with Gasteiger partial charge in [-0.2, -0.15) is 0 Å². The van der Waals surface area contributed by atoms with Crippen LogP contribution in [0.15, 0.2) is 0 Å². The average molecular weight is 354 g/mol. The SMILES string of the molecule is CCCCCCCCCCCCOC(=O)O.O=C(O)O.O=C(O)O. The van der Waals surface area contributed by atoms with Gasteiger partial charge >= 0.3 is 18.5 Å². The van der Waals surface area contributed by atoms with E-state index in [-0.39, 0.29) is 0 Å². The molecule has 0 heterocycles. The lowest BCUT2D eigenvalue weighted by molar-refractivity contribution is 0.0899. The van der Waals surface area contributed by atoms with E-state index in [1.165, 1.54) is 51.4 Å². The molecule has 0 radical (unpaired) electrons. The molecule has 0 atom stereocenters. The minimum Gasteiger partial charge on any atom is -0.450 e. The lowest BCUT2D eigenvalue weighted by Crippen LogP contribution is -2.01. The molecule has 0 rings (SSSR count). The fourth-order valence-corrected chi connectivity index (χ4v) is 1.75. The van der Waals surface area contributed by atoms with Gasteiger partial charge in [0.25, 0.3) is 0 Å². The Labute approximate surface area is 141 Å². The predicted molar refractivity (Wildman–Crippen MR) is 87.1 cm³/mol. The first-order valence-corrected chi connectivity index (χ1v) is 7.93. The predicted octanol–water partition coefficient (Wildman–Crippen LogP) is 5.05. The topological polar surface area (TPSA) is 162 Å². The number of ether oxygens (including phenoxy) is 1. The standard InChI is InChI=1S/C13H26O3.2CH2O3/c1-2-3-4-5-6-7-8-9-10-11-12-16-13(14)15;2*2-1(3)4/h2-12H2,1H3,(H,14,15);2*(H2,2,3,4). The molecule has 24 heavy (non-hydrogen) atoms. The fourth-order valence-electron chi connectivity index (χ4n) is 1.75. The van der Waals surface area contributed by atoms with E-state index in [1.54, 1.807) is 0 Å². The van der Waals surface area contributed by atoms with Crippen molar-refractivity contribution in [1.29, 1.82) is 0 Å². The number of carboxylic acid groups (broad SMARTS) is 5. The summed E-state index contributed by atoms with van der Waals surface area (Å²) in [7, 11) is 0. The highest BCUT2D eigenvalue weighted by atomic mass is 16.7. The third-order valence-corrected chi connectivity index (χ3v) is 2.72. The third kappa shape index (κ3) is 60.0. The van der Waals surface area contributed by atoms with Crippen LogP contribution in [-0.2, 0) is 4.74 Å². The van der Waals surface area contributed by atoms with Gasteiger partial charge in [-0.3, -0.25) is 0 Å². The lowest BCUT2D eigenvalue weighted by atomic mass is 10.1. The molecule has 0 aliphatic carbocycles. The molecule has 0 aliphatic rings. The quantitative estimate of drug-likeness (QED) is 0.252. The summed E-state index contributed by atoms with van der Waals surface area (Å²) in [5.41, 5.74) is 0. The van der Waals surface area contributed by atoms with Gasteiger partial charge < -0.3 is 30.3 Å². The van der Waals surface area contributed by atoms with Crippen molar-refractivity contribution in [2.24, 2.45) is 0 Å². The van der Waals surface area contributed by atoms with E-state index in [4.69, 9.17) is 35.1 Å². The lowest BCUT2D eigenvalue weighted by Gasteiger charge is -2.02. The first-order valence-electron chi connectivity index (χ1n) is 7.93. The van der Waals surface area contributed by atoms with Crippen LogP contribution >= 0.6 is 0 Å². The zero-order valence-electron chi connectivity index (χ0n) is 14.1. The Morgan fingerprint density at radius 3 is 1.21 bits per heavy atom. The molecule has 0 aromatic heterocycles. The maximum Gasteiger partial charge on any atom is 0.505 e. The smallest absolute Gasteiger partial charge is 0.450 e. The third-order valence-electron chi connectivity index (χ3n) is 2.72. The van der Waals surface area contributed by atoms with Crippen LogP contribution in [0.3, 0.4) is 0 Å². The summed E-state index contributed by atoms with van der Waals surface area (Å²) in [5.74, 6) is 0. The number of unbranched alkanes of at least 4 members (excludes halogenated alkanes) is 9. The number of hydrogen-bond acceptors (Lipinski definition) is 4. The van der Waals surface area contributed by atoms with Crippen molar-refractivity contribution in [3.05, 3.63) is 0 Å². The average Bonchev–Trinajstić information content (AvgIpc) is 2.43. The molecule has 9 nitrogen and oxygen atoms in total. The molecule has 0 aliphatic heterocycles. The van der Waals surface area contributed by atoms with Crippen molar-refractivity contribution in [2.45, 2.75) is 71.1 Å². The molecule has 9 heteroatoms. The Balaban J connectivity index is -0.000000457. The Hall–Kier alpha value is -2.19. The number of hydrogen-bond donors (Lipinski definition) is 5. The van der Waals surface area contributed by atoms with Crippen LogP contribution in [0.4, 0.5) is 14.4 Å². The highest BCUT2D eigenvalue weighted by molar-refractivity contribution is 5.56. The second kappa shape index (κ2) is 23.1. The molecule has 0 saturated heterocycles. The molecule has 0 spiro atoms. The summed E-state index contributed by atoms with van der Waals surface area (Å²) in [6, 6.07) is 0. The van der Waals surface area contributed by atoms with Crippen LogP contribution in [-0.4, -0.2) is 50.6 Å². The van der Waals surface area contributed by atoms with Crippen molar-refractivity contribution in [1.82, 2.24) is 0 Å². The van der Waals surface area contributed by atoms with Crippen LogP contribution in [0.5, 0.6) is 0 Å².